The van der Waals surface area contributed by atoms with Crippen LogP contribution in [-0.2, 0) is 18.4 Å². The lowest BCUT2D eigenvalue weighted by atomic mass is 10.1. The average molecular weight is 409 g/mol. The van der Waals surface area contributed by atoms with Crippen LogP contribution in [0.5, 0.6) is 0 Å². The molecule has 0 aliphatic rings. The molecule has 0 aliphatic heterocycles. The van der Waals surface area contributed by atoms with Gasteiger partial charge in [-0.2, -0.15) is 5.10 Å². The number of benzene rings is 2. The van der Waals surface area contributed by atoms with Gasteiger partial charge in [0.25, 0.3) is 5.56 Å². The van der Waals surface area contributed by atoms with Crippen molar-refractivity contribution in [3.05, 3.63) is 75.7 Å². The van der Waals surface area contributed by atoms with Crippen molar-refractivity contribution >= 4 is 39.3 Å². The first-order chi connectivity index (χ1) is 14.0. The van der Waals surface area contributed by atoms with Crippen molar-refractivity contribution in [2.45, 2.75) is 25.9 Å². The number of aryl methyl sites for hydroxylation is 1. The molecule has 148 valence electrons. The third kappa shape index (κ3) is 3.40. The molecular formula is C22H21ClN4O2. The number of rotatable bonds is 5. The van der Waals surface area contributed by atoms with Crippen molar-refractivity contribution < 1.29 is 4.79 Å². The predicted molar refractivity (Wildman–Crippen MR) is 115 cm³/mol. The highest BCUT2D eigenvalue weighted by Crippen LogP contribution is 2.30. The second kappa shape index (κ2) is 7.72. The number of halogens is 1. The average Bonchev–Trinajstić information content (AvgIpc) is 3.05. The molecule has 0 saturated carbocycles. The number of hydrogen-bond donors (Lipinski definition) is 1. The molecule has 0 saturated heterocycles. The minimum absolute atomic E-state index is 0.144. The van der Waals surface area contributed by atoms with E-state index >= 15 is 0 Å². The van der Waals surface area contributed by atoms with Crippen LogP contribution < -0.4 is 10.9 Å². The normalized spacial score (nSPS) is 12.4. The quantitative estimate of drug-likeness (QED) is 0.546. The fourth-order valence-corrected chi connectivity index (χ4v) is 3.96. The van der Waals surface area contributed by atoms with E-state index in [9.17, 15) is 9.59 Å². The Morgan fingerprint density at radius 3 is 2.72 bits per heavy atom. The number of carbonyl (C=O) groups excluding carboxylic acids is 1. The number of hydrogen-bond acceptors (Lipinski definition) is 3. The highest BCUT2D eigenvalue weighted by molar-refractivity contribution is 6.30. The topological polar surface area (TPSA) is 68.9 Å². The number of nitrogens with one attached hydrogen (secondary N) is 1. The summed E-state index contributed by atoms with van der Waals surface area (Å²) in [6.07, 6.45) is 2.23. The molecule has 7 heteroatoms. The summed E-state index contributed by atoms with van der Waals surface area (Å²) in [5.74, 6) is -0.144. The van der Waals surface area contributed by atoms with E-state index in [2.05, 4.69) is 10.4 Å². The van der Waals surface area contributed by atoms with E-state index in [1.165, 1.54) is 4.68 Å². The Kier molecular flexibility index (Phi) is 5.11. The minimum atomic E-state index is -0.522. The zero-order valence-electron chi connectivity index (χ0n) is 16.2. The molecular weight excluding hydrogens is 388 g/mol. The largest absolute Gasteiger partial charge is 0.350 e. The summed E-state index contributed by atoms with van der Waals surface area (Å²) in [7, 11) is 1.62. The summed E-state index contributed by atoms with van der Waals surface area (Å²) in [5.41, 5.74) is 2.04. The molecule has 6 nitrogen and oxygen atoms in total. The molecule has 0 bridgehead atoms. The summed E-state index contributed by atoms with van der Waals surface area (Å²) < 4.78 is 3.15. The van der Waals surface area contributed by atoms with Gasteiger partial charge in [0, 0.05) is 29.4 Å². The first-order valence-corrected chi connectivity index (χ1v) is 9.86. The maximum atomic E-state index is 13.1. The lowest BCUT2D eigenvalue weighted by Crippen LogP contribution is -2.33. The molecule has 0 unspecified atom stereocenters. The molecule has 1 N–H and O–H groups in total. The molecule has 4 rings (SSSR count). The van der Waals surface area contributed by atoms with Gasteiger partial charge >= 0.3 is 0 Å². The van der Waals surface area contributed by atoms with Crippen LogP contribution in [0.4, 0.5) is 0 Å². The number of para-hydroxylation sites is 1. The van der Waals surface area contributed by atoms with Crippen LogP contribution in [0.1, 0.15) is 24.9 Å². The maximum absolute atomic E-state index is 13.1. The number of fused-ring (bicyclic) bond motifs is 3. The van der Waals surface area contributed by atoms with E-state index in [4.69, 9.17) is 11.6 Å². The van der Waals surface area contributed by atoms with Crippen LogP contribution in [0.3, 0.4) is 0 Å². The van der Waals surface area contributed by atoms with E-state index in [1.54, 1.807) is 19.3 Å². The van der Waals surface area contributed by atoms with Gasteiger partial charge in [-0.3, -0.25) is 9.59 Å². The first-order valence-electron chi connectivity index (χ1n) is 9.48. The van der Waals surface area contributed by atoms with Crippen LogP contribution in [0.15, 0.2) is 59.5 Å². The highest BCUT2D eigenvalue weighted by Gasteiger charge is 2.25. The minimum Gasteiger partial charge on any atom is -0.350 e. The van der Waals surface area contributed by atoms with Crippen LogP contribution in [0, 0.1) is 0 Å². The van der Waals surface area contributed by atoms with E-state index in [1.807, 2.05) is 54.0 Å². The van der Waals surface area contributed by atoms with Gasteiger partial charge in [0.05, 0.1) is 11.7 Å². The van der Waals surface area contributed by atoms with Crippen molar-refractivity contribution in [2.24, 2.45) is 7.05 Å². The van der Waals surface area contributed by atoms with Crippen molar-refractivity contribution in [3.63, 3.8) is 0 Å². The summed E-state index contributed by atoms with van der Waals surface area (Å²) >= 11 is 6.03. The molecule has 1 amide bonds. The molecule has 0 radical (unpaired) electrons. The van der Waals surface area contributed by atoms with Gasteiger partial charge in [0.1, 0.15) is 11.6 Å². The van der Waals surface area contributed by atoms with Crippen LogP contribution in [-0.4, -0.2) is 20.3 Å². The van der Waals surface area contributed by atoms with Gasteiger partial charge in [-0.25, -0.2) is 4.68 Å². The van der Waals surface area contributed by atoms with Crippen LogP contribution in [0.2, 0.25) is 5.02 Å². The van der Waals surface area contributed by atoms with Gasteiger partial charge in [-0.05, 0) is 30.2 Å². The molecule has 0 fully saturated rings. The smallest absolute Gasteiger partial charge is 0.291 e. The van der Waals surface area contributed by atoms with Gasteiger partial charge in [-0.15, -0.1) is 0 Å². The number of nitrogens with zero attached hydrogens (tertiary/aromatic N) is 3. The van der Waals surface area contributed by atoms with E-state index in [-0.39, 0.29) is 11.5 Å². The monoisotopic (exact) mass is 408 g/mol. The Hall–Kier alpha value is -3.12. The maximum Gasteiger partial charge on any atom is 0.291 e. The molecule has 4 aromatic rings. The Morgan fingerprint density at radius 2 is 1.97 bits per heavy atom. The first kappa shape index (κ1) is 19.2. The fourth-order valence-electron chi connectivity index (χ4n) is 3.75. The van der Waals surface area contributed by atoms with Crippen molar-refractivity contribution in [1.82, 2.24) is 19.7 Å². The highest BCUT2D eigenvalue weighted by atomic mass is 35.5. The predicted octanol–water partition coefficient (Wildman–Crippen LogP) is 3.81. The van der Waals surface area contributed by atoms with Crippen LogP contribution in [0.25, 0.3) is 21.8 Å². The van der Waals surface area contributed by atoms with Gasteiger partial charge in [0.15, 0.2) is 0 Å². The summed E-state index contributed by atoms with van der Waals surface area (Å²) in [6, 6.07) is 14.6. The van der Waals surface area contributed by atoms with Gasteiger partial charge in [0.2, 0.25) is 5.91 Å². The molecule has 1 atom stereocenters. The third-order valence-electron chi connectivity index (χ3n) is 5.16. The lowest BCUT2D eigenvalue weighted by Gasteiger charge is -2.19. The number of carbonyl (C=O) groups is 1. The standard InChI is InChI=1S/C22H21ClN4O2/c1-3-18(21(28)24-12-14-7-6-8-15(23)11-14)27-19-10-5-4-9-16(19)17-13-25-26(2)22(29)20(17)27/h4-11,13,18H,3,12H2,1-2H3,(H,24,28)/t18-/m0/s1. The molecule has 2 heterocycles. The van der Waals surface area contributed by atoms with Crippen molar-refractivity contribution in [3.8, 4) is 0 Å². The van der Waals surface area contributed by atoms with Gasteiger partial charge in [-0.1, -0.05) is 48.9 Å². The summed E-state index contributed by atoms with van der Waals surface area (Å²) in [4.78, 5) is 26.0. The number of amides is 1. The summed E-state index contributed by atoms with van der Waals surface area (Å²) in [6.45, 7) is 2.31. The SMILES string of the molecule is CC[C@@H](C(=O)NCc1cccc(Cl)c1)n1c2ccccc2c2cnn(C)c(=O)c21. The number of aromatic nitrogens is 3. The van der Waals surface area contributed by atoms with Crippen molar-refractivity contribution in [2.75, 3.05) is 0 Å². The van der Waals surface area contributed by atoms with Crippen LogP contribution >= 0.6 is 11.6 Å². The molecule has 0 aliphatic carbocycles. The van der Waals surface area contributed by atoms with Gasteiger partial charge < -0.3 is 9.88 Å². The third-order valence-corrected chi connectivity index (χ3v) is 5.40. The summed E-state index contributed by atoms with van der Waals surface area (Å²) in [5, 5.41) is 9.44. The van der Waals surface area contributed by atoms with E-state index < -0.39 is 6.04 Å². The molecule has 2 aromatic heterocycles. The Balaban J connectivity index is 1.79. The fraction of sp³-hybridized carbons (Fsp3) is 0.227. The van der Waals surface area contributed by atoms with E-state index in [0.29, 0.717) is 23.5 Å². The Labute approximate surface area is 172 Å². The van der Waals surface area contributed by atoms with Crippen molar-refractivity contribution in [1.29, 1.82) is 0 Å². The molecule has 2 aromatic carbocycles. The zero-order chi connectivity index (χ0) is 20.5. The zero-order valence-corrected chi connectivity index (χ0v) is 17.0. The molecule has 0 spiro atoms. The Bertz CT molecular complexity index is 1280. The second-order valence-corrected chi connectivity index (χ2v) is 7.43. The second-order valence-electron chi connectivity index (χ2n) is 6.99. The lowest BCUT2D eigenvalue weighted by molar-refractivity contribution is -0.124. The molecule has 29 heavy (non-hydrogen) atoms. The Morgan fingerprint density at radius 1 is 1.17 bits per heavy atom. The van der Waals surface area contributed by atoms with E-state index in [0.717, 1.165) is 21.9 Å².